The number of aryl methyl sites for hydroxylation is 1. The molecular weight excluding hydrogens is 240 g/mol. The first kappa shape index (κ1) is 13.8. The van der Waals surface area contributed by atoms with Crippen LogP contribution < -0.4 is 5.32 Å². The predicted molar refractivity (Wildman–Crippen MR) is 68.5 cm³/mol. The average molecular weight is 257 g/mol. The Morgan fingerprint density at radius 1 is 1.65 bits per heavy atom. The van der Waals surface area contributed by atoms with Gasteiger partial charge >= 0.3 is 5.97 Å². The maximum Gasteiger partial charge on any atom is 0.326 e. The van der Waals surface area contributed by atoms with Gasteiger partial charge in [-0.1, -0.05) is 31.9 Å². The highest BCUT2D eigenvalue weighted by Gasteiger charge is 2.24. The van der Waals surface area contributed by atoms with Gasteiger partial charge in [-0.05, 0) is 18.9 Å². The van der Waals surface area contributed by atoms with Crippen molar-refractivity contribution in [3.05, 3.63) is 23.0 Å². The molecule has 0 spiro atoms. The highest BCUT2D eigenvalue weighted by molar-refractivity contribution is 6.33. The van der Waals surface area contributed by atoms with E-state index in [1.807, 2.05) is 13.8 Å². The summed E-state index contributed by atoms with van der Waals surface area (Å²) < 4.78 is 0. The van der Waals surface area contributed by atoms with Crippen LogP contribution in [-0.4, -0.2) is 22.1 Å². The van der Waals surface area contributed by atoms with E-state index < -0.39 is 12.0 Å². The number of nitrogens with zero attached hydrogens (tertiary/aromatic N) is 1. The monoisotopic (exact) mass is 256 g/mol. The predicted octanol–water partition coefficient (Wildman–Crippen LogP) is 2.95. The molecule has 0 amide bonds. The van der Waals surface area contributed by atoms with Crippen molar-refractivity contribution in [2.75, 3.05) is 5.32 Å². The number of hydrogen-bond acceptors (Lipinski definition) is 3. The van der Waals surface area contributed by atoms with Crippen LogP contribution in [0.2, 0.25) is 5.02 Å². The Balaban J connectivity index is 2.94. The van der Waals surface area contributed by atoms with Gasteiger partial charge in [0.15, 0.2) is 0 Å². The largest absolute Gasteiger partial charge is 0.480 e. The van der Waals surface area contributed by atoms with Crippen LogP contribution in [0.25, 0.3) is 0 Å². The molecule has 2 N–H and O–H groups in total. The maximum atomic E-state index is 11.2. The fourth-order valence-electron chi connectivity index (χ4n) is 1.51. The molecule has 2 atom stereocenters. The zero-order valence-electron chi connectivity index (χ0n) is 10.2. The quantitative estimate of drug-likeness (QED) is 0.850. The van der Waals surface area contributed by atoms with Gasteiger partial charge in [-0.15, -0.1) is 0 Å². The SMILES string of the molecule is CC[C@H](C)[C@H](Nc1ccnc(C)c1Cl)C(=O)O. The minimum atomic E-state index is -0.870. The average Bonchev–Trinajstić information content (AvgIpc) is 2.29. The molecule has 0 fully saturated rings. The van der Waals surface area contributed by atoms with Crippen molar-refractivity contribution < 1.29 is 9.90 Å². The summed E-state index contributed by atoms with van der Waals surface area (Å²) in [6.45, 7) is 5.64. The Hall–Kier alpha value is -1.29. The molecule has 0 aliphatic heterocycles. The van der Waals surface area contributed by atoms with Gasteiger partial charge in [0.25, 0.3) is 0 Å². The van der Waals surface area contributed by atoms with Gasteiger partial charge in [0.2, 0.25) is 0 Å². The Morgan fingerprint density at radius 2 is 2.29 bits per heavy atom. The lowest BCUT2D eigenvalue weighted by Crippen LogP contribution is -2.35. The molecule has 1 aromatic heterocycles. The summed E-state index contributed by atoms with van der Waals surface area (Å²) in [6, 6.07) is 1.05. The molecule has 1 aromatic rings. The van der Waals surface area contributed by atoms with E-state index in [9.17, 15) is 9.90 Å². The molecule has 0 radical (unpaired) electrons. The van der Waals surface area contributed by atoms with Crippen molar-refractivity contribution in [1.29, 1.82) is 0 Å². The van der Waals surface area contributed by atoms with Crippen LogP contribution >= 0.6 is 11.6 Å². The van der Waals surface area contributed by atoms with E-state index in [0.717, 1.165) is 6.42 Å². The van der Waals surface area contributed by atoms with Gasteiger partial charge < -0.3 is 10.4 Å². The zero-order valence-corrected chi connectivity index (χ0v) is 11.0. The number of rotatable bonds is 5. The molecule has 0 aliphatic rings. The molecule has 0 bridgehead atoms. The number of aliphatic carboxylic acids is 1. The summed E-state index contributed by atoms with van der Waals surface area (Å²) in [5, 5.41) is 12.6. The Labute approximate surface area is 106 Å². The summed E-state index contributed by atoms with van der Waals surface area (Å²) in [6.07, 6.45) is 2.39. The molecule has 17 heavy (non-hydrogen) atoms. The van der Waals surface area contributed by atoms with Gasteiger partial charge in [-0.3, -0.25) is 4.98 Å². The fourth-order valence-corrected chi connectivity index (χ4v) is 1.68. The third kappa shape index (κ3) is 3.33. The van der Waals surface area contributed by atoms with Crippen LogP contribution in [-0.2, 0) is 4.79 Å². The summed E-state index contributed by atoms with van der Waals surface area (Å²) in [5.41, 5.74) is 1.30. The Bertz CT molecular complexity index is 409. The standard InChI is InChI=1S/C12H17ClN2O2/c1-4-7(2)11(12(16)17)15-9-5-6-14-8(3)10(9)13/h5-7,11H,4H2,1-3H3,(H,14,15)(H,16,17)/t7-,11-/m0/s1. The highest BCUT2D eigenvalue weighted by Crippen LogP contribution is 2.25. The minimum Gasteiger partial charge on any atom is -0.480 e. The molecule has 94 valence electrons. The van der Waals surface area contributed by atoms with Gasteiger partial charge in [0.05, 0.1) is 16.4 Å². The van der Waals surface area contributed by atoms with Crippen LogP contribution in [0.15, 0.2) is 12.3 Å². The van der Waals surface area contributed by atoms with Gasteiger partial charge in [-0.2, -0.15) is 0 Å². The molecule has 1 rings (SSSR count). The number of anilines is 1. The third-order valence-corrected chi connectivity index (χ3v) is 3.33. The third-order valence-electron chi connectivity index (χ3n) is 2.85. The van der Waals surface area contributed by atoms with E-state index in [0.29, 0.717) is 16.4 Å². The van der Waals surface area contributed by atoms with Crippen LogP contribution in [0, 0.1) is 12.8 Å². The Morgan fingerprint density at radius 3 is 2.82 bits per heavy atom. The smallest absolute Gasteiger partial charge is 0.326 e. The summed E-state index contributed by atoms with van der Waals surface area (Å²) >= 11 is 6.07. The number of nitrogens with one attached hydrogen (secondary N) is 1. The van der Waals surface area contributed by atoms with Gasteiger partial charge in [0, 0.05) is 6.20 Å². The second-order valence-corrected chi connectivity index (χ2v) is 4.48. The fraction of sp³-hybridized carbons (Fsp3) is 0.500. The van der Waals surface area contributed by atoms with Crippen LogP contribution in [0.3, 0.4) is 0 Å². The first-order valence-electron chi connectivity index (χ1n) is 5.57. The van der Waals surface area contributed by atoms with Crippen molar-refractivity contribution >= 4 is 23.3 Å². The second kappa shape index (κ2) is 5.87. The number of pyridine rings is 1. The van der Waals surface area contributed by atoms with Crippen LogP contribution in [0.1, 0.15) is 26.0 Å². The zero-order chi connectivity index (χ0) is 13.0. The van der Waals surface area contributed by atoms with E-state index in [1.165, 1.54) is 0 Å². The van der Waals surface area contributed by atoms with Gasteiger partial charge in [0.1, 0.15) is 6.04 Å². The van der Waals surface area contributed by atoms with Gasteiger partial charge in [-0.25, -0.2) is 4.79 Å². The van der Waals surface area contributed by atoms with E-state index in [4.69, 9.17) is 11.6 Å². The van der Waals surface area contributed by atoms with E-state index in [2.05, 4.69) is 10.3 Å². The van der Waals surface area contributed by atoms with E-state index in [1.54, 1.807) is 19.2 Å². The molecule has 0 saturated carbocycles. The molecule has 0 aromatic carbocycles. The van der Waals surface area contributed by atoms with Crippen molar-refractivity contribution in [3.63, 3.8) is 0 Å². The van der Waals surface area contributed by atoms with Crippen molar-refractivity contribution in [1.82, 2.24) is 4.98 Å². The Kier molecular flexibility index (Phi) is 4.75. The van der Waals surface area contributed by atoms with Crippen LogP contribution in [0.5, 0.6) is 0 Å². The summed E-state index contributed by atoms with van der Waals surface area (Å²) in [5.74, 6) is -0.845. The second-order valence-electron chi connectivity index (χ2n) is 4.10. The lowest BCUT2D eigenvalue weighted by atomic mass is 9.99. The summed E-state index contributed by atoms with van der Waals surface area (Å²) in [7, 11) is 0. The number of aromatic nitrogens is 1. The summed E-state index contributed by atoms with van der Waals surface area (Å²) in [4.78, 5) is 15.2. The van der Waals surface area contributed by atoms with Crippen molar-refractivity contribution in [2.24, 2.45) is 5.92 Å². The molecule has 0 aliphatic carbocycles. The lowest BCUT2D eigenvalue weighted by molar-refractivity contribution is -0.139. The molecule has 1 heterocycles. The number of carboxylic acid groups (broad SMARTS) is 1. The molecule has 5 heteroatoms. The van der Waals surface area contributed by atoms with Crippen molar-refractivity contribution in [2.45, 2.75) is 33.2 Å². The number of carboxylic acids is 1. The maximum absolute atomic E-state index is 11.2. The normalized spacial score (nSPS) is 14.1. The number of halogens is 1. The first-order valence-corrected chi connectivity index (χ1v) is 5.95. The van der Waals surface area contributed by atoms with Crippen LogP contribution in [0.4, 0.5) is 5.69 Å². The molecule has 0 unspecified atom stereocenters. The minimum absolute atomic E-state index is 0.0250. The lowest BCUT2D eigenvalue weighted by Gasteiger charge is -2.22. The molecular formula is C12H17ClN2O2. The number of carbonyl (C=O) groups is 1. The molecule has 4 nitrogen and oxygen atoms in total. The van der Waals surface area contributed by atoms with Crippen molar-refractivity contribution in [3.8, 4) is 0 Å². The van der Waals surface area contributed by atoms with E-state index >= 15 is 0 Å². The molecule has 0 saturated heterocycles. The van der Waals surface area contributed by atoms with E-state index in [-0.39, 0.29) is 5.92 Å². The number of hydrogen-bond donors (Lipinski definition) is 2. The highest BCUT2D eigenvalue weighted by atomic mass is 35.5. The topological polar surface area (TPSA) is 62.2 Å². The first-order chi connectivity index (χ1) is 7.97.